The van der Waals surface area contributed by atoms with Crippen molar-refractivity contribution in [2.45, 2.75) is 50.8 Å². The molecule has 1 saturated carbocycles. The molecule has 1 unspecified atom stereocenters. The zero-order valence-corrected chi connectivity index (χ0v) is 18.8. The molecule has 156 valence electrons. The van der Waals surface area contributed by atoms with Gasteiger partial charge in [-0.05, 0) is 79.7 Å². The third-order valence-electron chi connectivity index (χ3n) is 5.26. The third-order valence-corrected chi connectivity index (χ3v) is 6.00. The van der Waals surface area contributed by atoms with Gasteiger partial charge < -0.3 is 9.47 Å². The van der Waals surface area contributed by atoms with Gasteiger partial charge in [-0.25, -0.2) is 0 Å². The van der Waals surface area contributed by atoms with Crippen LogP contribution in [0.25, 0.3) is 11.1 Å². The van der Waals surface area contributed by atoms with Gasteiger partial charge in [-0.15, -0.1) is 11.8 Å². The molecule has 3 rings (SSSR count). The lowest BCUT2D eigenvalue weighted by Gasteiger charge is -2.20. The van der Waals surface area contributed by atoms with Crippen molar-refractivity contribution in [1.29, 1.82) is 0 Å². The van der Waals surface area contributed by atoms with E-state index in [1.165, 1.54) is 17.7 Å². The average Bonchev–Trinajstić information content (AvgIpc) is 3.55. The van der Waals surface area contributed by atoms with Crippen LogP contribution in [-0.4, -0.2) is 25.4 Å². The Morgan fingerprint density at radius 1 is 1.14 bits per heavy atom. The Morgan fingerprint density at radius 2 is 1.86 bits per heavy atom. The van der Waals surface area contributed by atoms with Crippen LogP contribution in [0.15, 0.2) is 47.4 Å². The number of hydrogen-bond donors (Lipinski definition) is 0. The number of benzene rings is 2. The fraction of sp³-hybridized carbons (Fsp3) is 0.480. The summed E-state index contributed by atoms with van der Waals surface area (Å²) in [6, 6.07) is 14.7. The summed E-state index contributed by atoms with van der Waals surface area (Å²) < 4.78 is 11.6. The number of esters is 1. The second-order valence-corrected chi connectivity index (χ2v) is 9.05. The van der Waals surface area contributed by atoms with Crippen molar-refractivity contribution in [3.05, 3.63) is 48.0 Å². The van der Waals surface area contributed by atoms with Crippen LogP contribution >= 0.6 is 11.8 Å². The predicted molar refractivity (Wildman–Crippen MR) is 121 cm³/mol. The molecule has 1 fully saturated rings. The molecule has 2 aromatic carbocycles. The van der Waals surface area contributed by atoms with Gasteiger partial charge in [0.15, 0.2) is 0 Å². The molecular formula is C25H32O3S. The maximum Gasteiger partial charge on any atom is 0.313 e. The number of rotatable bonds is 10. The van der Waals surface area contributed by atoms with Crippen molar-refractivity contribution < 1.29 is 14.3 Å². The van der Waals surface area contributed by atoms with E-state index in [4.69, 9.17) is 9.47 Å². The molecule has 0 N–H and O–H groups in total. The lowest BCUT2D eigenvalue weighted by Crippen LogP contribution is -2.18. The van der Waals surface area contributed by atoms with Gasteiger partial charge >= 0.3 is 5.97 Å². The molecule has 0 radical (unpaired) electrons. The van der Waals surface area contributed by atoms with Gasteiger partial charge in [0.25, 0.3) is 0 Å². The molecule has 0 amide bonds. The zero-order valence-electron chi connectivity index (χ0n) is 17.9. The SMILES string of the molecule is CCOC(=O)C(CC(C)C)c1ccc(OCC2CC2)c(-c2ccc(SC)cc2)c1. The summed E-state index contributed by atoms with van der Waals surface area (Å²) in [6.45, 7) is 7.31. The highest BCUT2D eigenvalue weighted by atomic mass is 32.2. The van der Waals surface area contributed by atoms with Crippen molar-refractivity contribution >= 4 is 17.7 Å². The normalized spacial score (nSPS) is 14.7. The summed E-state index contributed by atoms with van der Waals surface area (Å²) in [5.74, 6) is 1.59. The highest BCUT2D eigenvalue weighted by Crippen LogP contribution is 2.37. The van der Waals surface area contributed by atoms with E-state index in [-0.39, 0.29) is 11.9 Å². The molecule has 0 aliphatic heterocycles. The van der Waals surface area contributed by atoms with Crippen LogP contribution in [0.4, 0.5) is 0 Å². The van der Waals surface area contributed by atoms with E-state index in [9.17, 15) is 4.79 Å². The Labute approximate surface area is 179 Å². The molecule has 3 nitrogen and oxygen atoms in total. The lowest BCUT2D eigenvalue weighted by atomic mass is 9.88. The number of hydrogen-bond acceptors (Lipinski definition) is 4. The molecule has 0 spiro atoms. The first-order valence-corrected chi connectivity index (χ1v) is 11.8. The van der Waals surface area contributed by atoms with Crippen molar-refractivity contribution in [3.63, 3.8) is 0 Å². The fourth-order valence-corrected chi connectivity index (χ4v) is 3.87. The quantitative estimate of drug-likeness (QED) is 0.327. The largest absolute Gasteiger partial charge is 0.493 e. The number of thioether (sulfide) groups is 1. The average molecular weight is 413 g/mol. The van der Waals surface area contributed by atoms with Gasteiger partial charge in [0.2, 0.25) is 0 Å². The van der Waals surface area contributed by atoms with E-state index in [1.807, 2.05) is 19.1 Å². The summed E-state index contributed by atoms with van der Waals surface area (Å²) in [6.07, 6.45) is 5.37. The minimum absolute atomic E-state index is 0.142. The van der Waals surface area contributed by atoms with Crippen LogP contribution in [-0.2, 0) is 9.53 Å². The summed E-state index contributed by atoms with van der Waals surface area (Å²) in [5.41, 5.74) is 3.16. The lowest BCUT2D eigenvalue weighted by molar-refractivity contribution is -0.145. The van der Waals surface area contributed by atoms with E-state index in [0.29, 0.717) is 18.4 Å². The molecule has 0 bridgehead atoms. The Morgan fingerprint density at radius 3 is 2.45 bits per heavy atom. The van der Waals surface area contributed by atoms with Crippen LogP contribution in [0.1, 0.15) is 51.5 Å². The van der Waals surface area contributed by atoms with E-state index in [0.717, 1.165) is 35.5 Å². The van der Waals surface area contributed by atoms with Crippen LogP contribution < -0.4 is 4.74 Å². The van der Waals surface area contributed by atoms with Crippen LogP contribution in [0, 0.1) is 11.8 Å². The van der Waals surface area contributed by atoms with Crippen molar-refractivity contribution in [2.75, 3.05) is 19.5 Å². The van der Waals surface area contributed by atoms with Crippen LogP contribution in [0.3, 0.4) is 0 Å². The van der Waals surface area contributed by atoms with Crippen LogP contribution in [0.5, 0.6) is 5.75 Å². The van der Waals surface area contributed by atoms with Gasteiger partial charge in [-0.1, -0.05) is 32.0 Å². The van der Waals surface area contributed by atoms with E-state index in [2.05, 4.69) is 50.4 Å². The summed E-state index contributed by atoms with van der Waals surface area (Å²) in [4.78, 5) is 13.9. The van der Waals surface area contributed by atoms with Crippen molar-refractivity contribution in [2.24, 2.45) is 11.8 Å². The highest BCUT2D eigenvalue weighted by Gasteiger charge is 2.26. The first kappa shape index (κ1) is 21.8. The molecule has 1 aliphatic rings. The maximum absolute atomic E-state index is 12.7. The van der Waals surface area contributed by atoms with Gasteiger partial charge in [0.1, 0.15) is 5.75 Å². The second-order valence-electron chi connectivity index (χ2n) is 8.17. The second kappa shape index (κ2) is 10.2. The van der Waals surface area contributed by atoms with Gasteiger partial charge in [-0.3, -0.25) is 4.79 Å². The number of carbonyl (C=O) groups excluding carboxylic acids is 1. The third kappa shape index (κ3) is 6.02. The van der Waals surface area contributed by atoms with Gasteiger partial charge in [0.05, 0.1) is 19.1 Å². The molecule has 0 aromatic heterocycles. The summed E-state index contributed by atoms with van der Waals surface area (Å²) >= 11 is 1.73. The first-order valence-electron chi connectivity index (χ1n) is 10.6. The monoisotopic (exact) mass is 412 g/mol. The van der Waals surface area contributed by atoms with Crippen molar-refractivity contribution in [1.82, 2.24) is 0 Å². The molecule has 0 heterocycles. The highest BCUT2D eigenvalue weighted by molar-refractivity contribution is 7.98. The van der Waals surface area contributed by atoms with Crippen molar-refractivity contribution in [3.8, 4) is 16.9 Å². The maximum atomic E-state index is 12.7. The fourth-order valence-electron chi connectivity index (χ4n) is 3.46. The van der Waals surface area contributed by atoms with E-state index >= 15 is 0 Å². The van der Waals surface area contributed by atoms with Crippen LogP contribution in [0.2, 0.25) is 0 Å². The molecule has 4 heteroatoms. The smallest absolute Gasteiger partial charge is 0.313 e. The Hall–Kier alpha value is -1.94. The first-order chi connectivity index (χ1) is 14.0. The zero-order chi connectivity index (χ0) is 20.8. The standard InChI is InChI=1S/C25H32O3S/c1-5-27-25(26)23(14-17(2)3)20-10-13-24(28-16-18-6-7-18)22(15-20)19-8-11-21(29-4)12-9-19/h8-13,15,17-18,23H,5-7,14,16H2,1-4H3. The summed E-state index contributed by atoms with van der Waals surface area (Å²) in [7, 11) is 0. The minimum atomic E-state index is -0.253. The Balaban J connectivity index is 1.97. The summed E-state index contributed by atoms with van der Waals surface area (Å²) in [5, 5.41) is 0. The predicted octanol–water partition coefficient (Wildman–Crippen LogP) is 6.56. The number of carbonyl (C=O) groups is 1. The van der Waals surface area contributed by atoms with E-state index in [1.54, 1.807) is 11.8 Å². The Kier molecular flexibility index (Phi) is 7.65. The Bertz CT molecular complexity index is 809. The molecule has 1 atom stereocenters. The molecular weight excluding hydrogens is 380 g/mol. The molecule has 1 aliphatic carbocycles. The van der Waals surface area contributed by atoms with Gasteiger partial charge in [-0.2, -0.15) is 0 Å². The molecule has 2 aromatic rings. The topological polar surface area (TPSA) is 35.5 Å². The van der Waals surface area contributed by atoms with Gasteiger partial charge in [0, 0.05) is 10.5 Å². The molecule has 0 saturated heterocycles. The molecule has 29 heavy (non-hydrogen) atoms. The minimum Gasteiger partial charge on any atom is -0.493 e. The van der Waals surface area contributed by atoms with E-state index < -0.39 is 0 Å². The number of ether oxygens (including phenoxy) is 2.